The summed E-state index contributed by atoms with van der Waals surface area (Å²) in [6, 6.07) is 21.4. The number of sulfonamides is 1. The number of nitrogens with one attached hydrogen (secondary N) is 2. The molecule has 0 aliphatic heterocycles. The number of amides is 1. The minimum Gasteiger partial charge on any atom is -0.497 e. The van der Waals surface area contributed by atoms with E-state index in [2.05, 4.69) is 15.0 Å². The number of carbonyl (C=O) groups excluding carboxylic acids is 1. The van der Waals surface area contributed by atoms with Crippen LogP contribution in [0, 0.1) is 0 Å². The van der Waals surface area contributed by atoms with Crippen LogP contribution in [0.15, 0.2) is 89.3 Å². The molecule has 1 aromatic heterocycles. The van der Waals surface area contributed by atoms with Crippen LogP contribution in [-0.4, -0.2) is 26.4 Å². The van der Waals surface area contributed by atoms with Gasteiger partial charge in [-0.1, -0.05) is 36.4 Å². The molecule has 3 aromatic carbocycles. The first-order chi connectivity index (χ1) is 15.9. The first-order valence-corrected chi connectivity index (χ1v) is 12.3. The van der Waals surface area contributed by atoms with Gasteiger partial charge in [0.25, 0.3) is 10.0 Å². The minimum absolute atomic E-state index is 0. The second-order valence-corrected chi connectivity index (χ2v) is 9.70. The summed E-state index contributed by atoms with van der Waals surface area (Å²) in [5.41, 5.74) is 3.30. The van der Waals surface area contributed by atoms with Crippen LogP contribution in [0.2, 0.25) is 0 Å². The highest BCUT2D eigenvalue weighted by atomic mass is 32.2. The van der Waals surface area contributed by atoms with Crippen LogP contribution in [-0.2, 0) is 21.2 Å². The summed E-state index contributed by atoms with van der Waals surface area (Å²) in [4.78, 5) is 16.5. The standard InChI is InChI=1S/C24H21N3O4S2.2H2/c1-31-21-4-2-3-17(15-21)16-23(28)26-20-9-5-18(6-10-20)19-7-11-22(12-8-19)33(29,30)27-24-25-13-14-32-24;;/h2-15H,16H2,1H3,(H,25,27)(H,26,28);2*1H. The lowest BCUT2D eigenvalue weighted by Gasteiger charge is -2.09. The number of anilines is 2. The lowest BCUT2D eigenvalue weighted by Crippen LogP contribution is -2.14. The number of methoxy groups -OCH3 is 1. The number of ether oxygens (including phenoxy) is 1. The molecular formula is C24H25N3O4S2. The first kappa shape index (κ1) is 22.5. The number of benzene rings is 3. The van der Waals surface area contributed by atoms with E-state index in [4.69, 9.17) is 4.74 Å². The van der Waals surface area contributed by atoms with Crippen LogP contribution in [0.3, 0.4) is 0 Å². The molecule has 0 spiro atoms. The van der Waals surface area contributed by atoms with Gasteiger partial charge in [-0.2, -0.15) is 0 Å². The van der Waals surface area contributed by atoms with Gasteiger partial charge in [-0.3, -0.25) is 9.52 Å². The zero-order chi connectivity index (χ0) is 23.3. The monoisotopic (exact) mass is 483 g/mol. The van der Waals surface area contributed by atoms with Crippen molar-refractivity contribution >= 4 is 38.1 Å². The van der Waals surface area contributed by atoms with E-state index in [0.29, 0.717) is 16.6 Å². The fourth-order valence-corrected chi connectivity index (χ4v) is 4.98. The zero-order valence-electron chi connectivity index (χ0n) is 17.7. The summed E-state index contributed by atoms with van der Waals surface area (Å²) >= 11 is 1.21. The SMILES string of the molecule is COc1cccc(CC(=O)Nc2ccc(-c3ccc(S(=O)(=O)Nc4nccs4)cc3)cc2)c1.[HH].[HH]. The van der Waals surface area contributed by atoms with Crippen molar-refractivity contribution in [3.8, 4) is 16.9 Å². The van der Waals surface area contributed by atoms with Gasteiger partial charge in [0.15, 0.2) is 5.13 Å². The number of carbonyl (C=O) groups is 1. The highest BCUT2D eigenvalue weighted by molar-refractivity contribution is 7.93. The van der Waals surface area contributed by atoms with Crippen molar-refractivity contribution in [3.63, 3.8) is 0 Å². The molecule has 0 saturated carbocycles. The molecule has 2 N–H and O–H groups in total. The topological polar surface area (TPSA) is 97.4 Å². The number of nitrogens with zero attached hydrogens (tertiary/aromatic N) is 1. The average molecular weight is 484 g/mol. The largest absolute Gasteiger partial charge is 0.497 e. The Balaban J connectivity index is 0.00000216. The highest BCUT2D eigenvalue weighted by Crippen LogP contribution is 2.25. The smallest absolute Gasteiger partial charge is 0.263 e. The molecule has 9 heteroatoms. The maximum Gasteiger partial charge on any atom is 0.263 e. The third-order valence-corrected chi connectivity index (χ3v) is 6.99. The molecule has 0 bridgehead atoms. The Kier molecular flexibility index (Phi) is 6.71. The first-order valence-electron chi connectivity index (χ1n) is 9.98. The van der Waals surface area contributed by atoms with E-state index in [1.807, 2.05) is 48.5 Å². The molecule has 0 unspecified atom stereocenters. The third-order valence-electron chi connectivity index (χ3n) is 4.82. The molecule has 1 amide bonds. The number of rotatable bonds is 8. The van der Waals surface area contributed by atoms with Crippen molar-refractivity contribution in [2.75, 3.05) is 17.1 Å². The fraction of sp³-hybridized carbons (Fsp3) is 0.0833. The van der Waals surface area contributed by atoms with Crippen LogP contribution in [0.25, 0.3) is 11.1 Å². The van der Waals surface area contributed by atoms with E-state index in [-0.39, 0.29) is 20.1 Å². The molecule has 172 valence electrons. The molecule has 0 saturated heterocycles. The summed E-state index contributed by atoms with van der Waals surface area (Å²) in [6.45, 7) is 0. The average Bonchev–Trinajstić information content (AvgIpc) is 3.32. The third kappa shape index (κ3) is 5.76. The van der Waals surface area contributed by atoms with Gasteiger partial charge >= 0.3 is 0 Å². The van der Waals surface area contributed by atoms with Gasteiger partial charge in [-0.25, -0.2) is 13.4 Å². The molecule has 0 radical (unpaired) electrons. The number of thiazole rings is 1. The molecule has 1 heterocycles. The predicted molar refractivity (Wildman–Crippen MR) is 134 cm³/mol. The fourth-order valence-electron chi connectivity index (χ4n) is 3.19. The molecule has 4 aromatic rings. The maximum absolute atomic E-state index is 12.5. The minimum atomic E-state index is -3.69. The van der Waals surface area contributed by atoms with E-state index >= 15 is 0 Å². The van der Waals surface area contributed by atoms with Gasteiger partial charge in [0.2, 0.25) is 5.91 Å². The molecular weight excluding hydrogens is 458 g/mol. The van der Waals surface area contributed by atoms with Crippen molar-refractivity contribution in [1.82, 2.24) is 4.98 Å². The van der Waals surface area contributed by atoms with Crippen molar-refractivity contribution in [3.05, 3.63) is 89.9 Å². The van der Waals surface area contributed by atoms with Crippen LogP contribution in [0.5, 0.6) is 5.75 Å². The Bertz CT molecular complexity index is 1350. The molecule has 7 nitrogen and oxygen atoms in total. The maximum atomic E-state index is 12.5. The van der Waals surface area contributed by atoms with E-state index in [0.717, 1.165) is 16.7 Å². The van der Waals surface area contributed by atoms with E-state index in [1.54, 1.807) is 36.8 Å². The number of aromatic nitrogens is 1. The van der Waals surface area contributed by atoms with Gasteiger partial charge in [0.1, 0.15) is 5.75 Å². The van der Waals surface area contributed by atoms with Crippen molar-refractivity contribution in [2.45, 2.75) is 11.3 Å². The number of hydrogen-bond acceptors (Lipinski definition) is 6. The Labute approximate surface area is 199 Å². The molecule has 0 atom stereocenters. The quantitative estimate of drug-likeness (QED) is 0.355. The lowest BCUT2D eigenvalue weighted by molar-refractivity contribution is -0.115. The Morgan fingerprint density at radius 1 is 1.03 bits per heavy atom. The van der Waals surface area contributed by atoms with Crippen LogP contribution < -0.4 is 14.8 Å². The molecule has 4 rings (SSSR count). The normalized spacial score (nSPS) is 11.1. The van der Waals surface area contributed by atoms with E-state index in [1.165, 1.54) is 17.5 Å². The van der Waals surface area contributed by atoms with E-state index in [9.17, 15) is 13.2 Å². The van der Waals surface area contributed by atoms with Gasteiger partial charge in [0.05, 0.1) is 18.4 Å². The second kappa shape index (κ2) is 9.85. The van der Waals surface area contributed by atoms with Gasteiger partial charge in [-0.15, -0.1) is 11.3 Å². The Hall–Kier alpha value is -3.69. The van der Waals surface area contributed by atoms with Crippen LogP contribution in [0.1, 0.15) is 8.42 Å². The summed E-state index contributed by atoms with van der Waals surface area (Å²) in [5, 5.41) is 4.91. The zero-order valence-corrected chi connectivity index (χ0v) is 19.3. The molecule has 0 fully saturated rings. The molecule has 33 heavy (non-hydrogen) atoms. The summed E-state index contributed by atoms with van der Waals surface area (Å²) in [5.74, 6) is 0.584. The summed E-state index contributed by atoms with van der Waals surface area (Å²) in [7, 11) is -2.10. The Morgan fingerprint density at radius 2 is 1.73 bits per heavy atom. The van der Waals surface area contributed by atoms with Gasteiger partial charge < -0.3 is 10.1 Å². The predicted octanol–water partition coefficient (Wildman–Crippen LogP) is 5.29. The molecule has 0 aliphatic carbocycles. The van der Waals surface area contributed by atoms with E-state index < -0.39 is 10.0 Å². The van der Waals surface area contributed by atoms with Crippen LogP contribution >= 0.6 is 11.3 Å². The van der Waals surface area contributed by atoms with Crippen molar-refractivity contribution in [1.29, 1.82) is 0 Å². The molecule has 0 aliphatic rings. The highest BCUT2D eigenvalue weighted by Gasteiger charge is 2.15. The van der Waals surface area contributed by atoms with Crippen LogP contribution in [0.4, 0.5) is 10.8 Å². The van der Waals surface area contributed by atoms with Gasteiger partial charge in [-0.05, 0) is 53.1 Å². The summed E-state index contributed by atoms with van der Waals surface area (Å²) in [6.07, 6.45) is 1.78. The number of hydrogen-bond donors (Lipinski definition) is 2. The van der Waals surface area contributed by atoms with Gasteiger partial charge in [0, 0.05) is 20.1 Å². The second-order valence-electron chi connectivity index (χ2n) is 7.12. The Morgan fingerprint density at radius 3 is 2.36 bits per heavy atom. The van der Waals surface area contributed by atoms with Crippen molar-refractivity contribution in [2.24, 2.45) is 0 Å². The summed E-state index contributed by atoms with van der Waals surface area (Å²) < 4.78 is 32.6. The van der Waals surface area contributed by atoms with Crippen molar-refractivity contribution < 1.29 is 20.8 Å². The lowest BCUT2D eigenvalue weighted by atomic mass is 10.1.